The average molecular weight is 353 g/mol. The van der Waals surface area contributed by atoms with E-state index in [1.54, 1.807) is 16.9 Å². The van der Waals surface area contributed by atoms with Crippen LogP contribution in [-0.2, 0) is 13.1 Å². The molecule has 8 heteroatoms. The van der Waals surface area contributed by atoms with Crippen LogP contribution >= 0.6 is 15.9 Å². The van der Waals surface area contributed by atoms with E-state index < -0.39 is 10.8 Å². The molecule has 0 atom stereocenters. The minimum atomic E-state index is -0.568. The molecule has 110 valence electrons. The molecule has 0 aliphatic carbocycles. The van der Waals surface area contributed by atoms with Crippen molar-refractivity contribution in [2.75, 3.05) is 0 Å². The van der Waals surface area contributed by atoms with Gasteiger partial charge >= 0.3 is 0 Å². The van der Waals surface area contributed by atoms with Gasteiger partial charge in [-0.05, 0) is 28.9 Å². The zero-order chi connectivity index (χ0) is 15.4. The first-order valence-corrected chi connectivity index (χ1v) is 7.05. The Bertz CT molecular complexity index is 684. The highest BCUT2D eigenvalue weighted by Crippen LogP contribution is 2.19. The number of amides is 1. The number of rotatable bonds is 5. The second-order valence-electron chi connectivity index (χ2n) is 4.21. The van der Waals surface area contributed by atoms with Gasteiger partial charge in [0.25, 0.3) is 11.6 Å². The Hall–Kier alpha value is -2.22. The molecule has 1 amide bonds. The number of carbonyl (C=O) groups is 1. The second-order valence-corrected chi connectivity index (χ2v) is 5.07. The molecule has 0 bridgehead atoms. The summed E-state index contributed by atoms with van der Waals surface area (Å²) in [5.41, 5.74) is 0.642. The molecule has 0 saturated heterocycles. The first-order chi connectivity index (χ1) is 10.0. The number of halogens is 1. The quantitative estimate of drug-likeness (QED) is 0.661. The first kappa shape index (κ1) is 15.2. The summed E-state index contributed by atoms with van der Waals surface area (Å²) in [5.74, 6) is -0.488. The number of benzene rings is 1. The van der Waals surface area contributed by atoms with Crippen molar-refractivity contribution in [1.29, 1.82) is 0 Å². The molecule has 0 spiro atoms. The van der Waals surface area contributed by atoms with Gasteiger partial charge in [-0.1, -0.05) is 12.1 Å². The van der Waals surface area contributed by atoms with Crippen LogP contribution in [0, 0.1) is 10.1 Å². The van der Waals surface area contributed by atoms with E-state index in [9.17, 15) is 14.9 Å². The predicted molar refractivity (Wildman–Crippen MR) is 79.9 cm³/mol. The van der Waals surface area contributed by atoms with Gasteiger partial charge in [0.15, 0.2) is 0 Å². The van der Waals surface area contributed by atoms with Gasteiger partial charge in [0, 0.05) is 12.6 Å². The number of nitrogens with one attached hydrogen (secondary N) is 1. The lowest BCUT2D eigenvalue weighted by atomic mass is 10.1. The molecule has 1 heterocycles. The molecule has 0 unspecified atom stereocenters. The van der Waals surface area contributed by atoms with Gasteiger partial charge in [0.05, 0.1) is 27.8 Å². The van der Waals surface area contributed by atoms with Gasteiger partial charge in [0.1, 0.15) is 5.56 Å². The zero-order valence-electron chi connectivity index (χ0n) is 11.2. The third-order valence-corrected chi connectivity index (χ3v) is 3.62. The number of carbonyl (C=O) groups excluding carboxylic acids is 1. The number of nitro groups is 1. The second kappa shape index (κ2) is 6.49. The van der Waals surface area contributed by atoms with Crippen LogP contribution in [0.4, 0.5) is 5.69 Å². The molecule has 2 aromatic rings. The average Bonchev–Trinajstić information content (AvgIpc) is 2.85. The molecule has 0 aliphatic heterocycles. The molecule has 2 rings (SSSR count). The van der Waals surface area contributed by atoms with Gasteiger partial charge in [-0.3, -0.25) is 19.6 Å². The van der Waals surface area contributed by atoms with Crippen LogP contribution in [0.25, 0.3) is 0 Å². The number of hydrogen-bond donors (Lipinski definition) is 1. The van der Waals surface area contributed by atoms with E-state index in [2.05, 4.69) is 26.3 Å². The molecule has 1 aromatic heterocycles. The Labute approximate surface area is 129 Å². The van der Waals surface area contributed by atoms with Gasteiger partial charge in [-0.2, -0.15) is 5.10 Å². The summed E-state index contributed by atoms with van der Waals surface area (Å²) in [7, 11) is 0. The zero-order valence-corrected chi connectivity index (χ0v) is 12.8. The lowest BCUT2D eigenvalue weighted by molar-refractivity contribution is -0.385. The Morgan fingerprint density at radius 3 is 2.86 bits per heavy atom. The Morgan fingerprint density at radius 1 is 1.48 bits per heavy atom. The third-order valence-electron chi connectivity index (χ3n) is 2.96. The maximum absolute atomic E-state index is 12.1. The molecule has 0 saturated carbocycles. The normalized spacial score (nSPS) is 10.4. The number of hydrogen-bond acceptors (Lipinski definition) is 4. The number of para-hydroxylation sites is 1. The summed E-state index contributed by atoms with van der Waals surface area (Å²) < 4.78 is 2.52. The minimum absolute atomic E-state index is 0.0428. The standard InChI is InChI=1S/C13H13BrN4O3/c1-2-17-12(10(14)7-16-17)8-15-13(19)9-5-3-4-6-11(9)18(20)21/h3-7H,2,8H2,1H3,(H,15,19). The molecule has 21 heavy (non-hydrogen) atoms. The van der Waals surface area contributed by atoms with Crippen LogP contribution in [0.15, 0.2) is 34.9 Å². The number of aryl methyl sites for hydroxylation is 1. The maximum atomic E-state index is 12.1. The van der Waals surface area contributed by atoms with E-state index in [0.717, 1.165) is 10.2 Å². The van der Waals surface area contributed by atoms with Gasteiger partial charge in [-0.25, -0.2) is 0 Å². The molecule has 7 nitrogen and oxygen atoms in total. The lowest BCUT2D eigenvalue weighted by Crippen LogP contribution is -2.25. The molecular weight excluding hydrogens is 340 g/mol. The molecular formula is C13H13BrN4O3. The van der Waals surface area contributed by atoms with Crippen molar-refractivity contribution in [3.63, 3.8) is 0 Å². The Balaban J connectivity index is 2.16. The summed E-state index contributed by atoms with van der Waals surface area (Å²) in [6.07, 6.45) is 1.65. The van der Waals surface area contributed by atoms with Crippen molar-refractivity contribution in [1.82, 2.24) is 15.1 Å². The summed E-state index contributed by atoms with van der Waals surface area (Å²) in [4.78, 5) is 22.5. The summed E-state index contributed by atoms with van der Waals surface area (Å²) >= 11 is 3.36. The smallest absolute Gasteiger partial charge is 0.282 e. The Morgan fingerprint density at radius 2 is 2.19 bits per heavy atom. The van der Waals surface area contributed by atoms with Crippen LogP contribution in [0.1, 0.15) is 23.0 Å². The minimum Gasteiger partial charge on any atom is -0.346 e. The molecule has 0 fully saturated rings. The fourth-order valence-corrected chi connectivity index (χ4v) is 2.36. The Kier molecular flexibility index (Phi) is 4.69. The SMILES string of the molecule is CCn1ncc(Br)c1CNC(=O)c1ccccc1[N+](=O)[O-]. The van der Waals surface area contributed by atoms with E-state index in [0.29, 0.717) is 6.54 Å². The molecule has 1 aromatic carbocycles. The number of nitro benzene ring substituents is 1. The number of nitrogens with zero attached hydrogens (tertiary/aromatic N) is 3. The maximum Gasteiger partial charge on any atom is 0.282 e. The van der Waals surface area contributed by atoms with Crippen LogP contribution in [0.3, 0.4) is 0 Å². The van der Waals surface area contributed by atoms with E-state index in [1.807, 2.05) is 6.92 Å². The van der Waals surface area contributed by atoms with Crippen molar-refractivity contribution < 1.29 is 9.72 Å². The van der Waals surface area contributed by atoms with Crippen molar-refractivity contribution in [2.24, 2.45) is 0 Å². The summed E-state index contributed by atoms with van der Waals surface area (Å²) in [6.45, 7) is 2.84. The van der Waals surface area contributed by atoms with Gasteiger partial charge in [-0.15, -0.1) is 0 Å². The van der Waals surface area contributed by atoms with Crippen molar-refractivity contribution in [3.8, 4) is 0 Å². The van der Waals surface area contributed by atoms with E-state index >= 15 is 0 Å². The third kappa shape index (κ3) is 3.27. The predicted octanol–water partition coefficient (Wildman–Crippen LogP) is 2.50. The molecule has 0 radical (unpaired) electrons. The van der Waals surface area contributed by atoms with E-state index in [-0.39, 0.29) is 17.8 Å². The summed E-state index contributed by atoms with van der Waals surface area (Å²) in [6, 6.07) is 5.85. The van der Waals surface area contributed by atoms with Crippen molar-refractivity contribution >= 4 is 27.5 Å². The van der Waals surface area contributed by atoms with Gasteiger partial charge < -0.3 is 5.32 Å². The highest BCUT2D eigenvalue weighted by atomic mass is 79.9. The van der Waals surface area contributed by atoms with Crippen LogP contribution < -0.4 is 5.32 Å². The van der Waals surface area contributed by atoms with E-state index in [4.69, 9.17) is 0 Å². The highest BCUT2D eigenvalue weighted by Gasteiger charge is 2.19. The fourth-order valence-electron chi connectivity index (χ4n) is 1.92. The number of aromatic nitrogens is 2. The van der Waals surface area contributed by atoms with Crippen molar-refractivity contribution in [2.45, 2.75) is 20.0 Å². The molecule has 1 N–H and O–H groups in total. The summed E-state index contributed by atoms with van der Waals surface area (Å²) in [5, 5.41) is 17.7. The van der Waals surface area contributed by atoms with Gasteiger partial charge in [0.2, 0.25) is 0 Å². The topological polar surface area (TPSA) is 90.1 Å². The highest BCUT2D eigenvalue weighted by molar-refractivity contribution is 9.10. The van der Waals surface area contributed by atoms with Crippen molar-refractivity contribution in [3.05, 3.63) is 56.3 Å². The van der Waals surface area contributed by atoms with Crippen LogP contribution in [0.5, 0.6) is 0 Å². The van der Waals surface area contributed by atoms with E-state index in [1.165, 1.54) is 18.2 Å². The van der Waals surface area contributed by atoms with Crippen LogP contribution in [-0.4, -0.2) is 20.6 Å². The molecule has 0 aliphatic rings. The first-order valence-electron chi connectivity index (χ1n) is 6.26. The lowest BCUT2D eigenvalue weighted by Gasteiger charge is -2.08. The monoisotopic (exact) mass is 352 g/mol. The van der Waals surface area contributed by atoms with Crippen LogP contribution in [0.2, 0.25) is 0 Å². The largest absolute Gasteiger partial charge is 0.346 e. The fraction of sp³-hybridized carbons (Fsp3) is 0.231.